The van der Waals surface area contributed by atoms with Crippen LogP contribution in [0.25, 0.3) is 33.7 Å². The van der Waals surface area contributed by atoms with Crippen LogP contribution in [0.3, 0.4) is 0 Å². The van der Waals surface area contributed by atoms with E-state index in [1.807, 2.05) is 30.3 Å². The highest BCUT2D eigenvalue weighted by Gasteiger charge is 2.30. The van der Waals surface area contributed by atoms with E-state index in [0.29, 0.717) is 44.0 Å². The normalized spacial score (nSPS) is 15.2. The third-order valence-electron chi connectivity index (χ3n) is 6.76. The van der Waals surface area contributed by atoms with Gasteiger partial charge in [0.05, 0.1) is 24.1 Å². The van der Waals surface area contributed by atoms with Crippen LogP contribution in [0.1, 0.15) is 6.92 Å². The van der Waals surface area contributed by atoms with Crippen LogP contribution in [0.5, 0.6) is 5.88 Å². The molecule has 0 unspecified atom stereocenters. The molecule has 4 aromatic rings. The Kier molecular flexibility index (Phi) is 7.75. The monoisotopic (exact) mass is 553 g/mol. The molecule has 3 aromatic heterocycles. The van der Waals surface area contributed by atoms with E-state index in [-0.39, 0.29) is 34.3 Å². The Morgan fingerprint density at radius 3 is 2.49 bits per heavy atom. The Hall–Kier alpha value is -3.65. The standard InChI is InChI=1S/C26H31N7O5S/c1-4-32-10-12-33(13-11-32)39(35,36)19-16-20(26(27-17-19)38-15-14-37-3)24-28-21-22(25(34)29-24)30-31(2)23(21)18-8-6-5-7-9-18/h5-9,16-17H,4,10-15H2,1-3H3,(H,28,29,34). The Morgan fingerprint density at radius 2 is 1.79 bits per heavy atom. The van der Waals surface area contributed by atoms with Crippen LogP contribution in [0.15, 0.2) is 52.3 Å². The quantitative estimate of drug-likeness (QED) is 0.307. The molecular formula is C26H31N7O5S. The summed E-state index contributed by atoms with van der Waals surface area (Å²) in [7, 11) is -0.545. The maximum absolute atomic E-state index is 13.6. The van der Waals surface area contributed by atoms with E-state index in [0.717, 1.165) is 12.1 Å². The van der Waals surface area contributed by atoms with Gasteiger partial charge in [0.15, 0.2) is 5.52 Å². The Bertz CT molecular complexity index is 1630. The summed E-state index contributed by atoms with van der Waals surface area (Å²) >= 11 is 0. The number of pyridine rings is 1. The van der Waals surface area contributed by atoms with Crippen LogP contribution in [0, 0.1) is 0 Å². The minimum Gasteiger partial charge on any atom is -0.475 e. The molecule has 0 saturated carbocycles. The van der Waals surface area contributed by atoms with Gasteiger partial charge in [0.1, 0.15) is 22.8 Å². The third kappa shape index (κ3) is 5.30. The molecule has 1 fully saturated rings. The van der Waals surface area contributed by atoms with Crippen LogP contribution in [-0.2, 0) is 21.8 Å². The zero-order valence-electron chi connectivity index (χ0n) is 22.1. The smallest absolute Gasteiger partial charge is 0.279 e. The van der Waals surface area contributed by atoms with Gasteiger partial charge in [-0.05, 0) is 12.6 Å². The molecule has 0 spiro atoms. The number of rotatable bonds is 9. The highest BCUT2D eigenvalue weighted by molar-refractivity contribution is 7.89. The lowest BCUT2D eigenvalue weighted by Gasteiger charge is -2.33. The van der Waals surface area contributed by atoms with Crippen molar-refractivity contribution in [3.63, 3.8) is 0 Å². The average molecular weight is 554 g/mol. The number of sulfonamides is 1. The predicted octanol–water partition coefficient (Wildman–Crippen LogP) is 1.74. The number of nitrogens with zero attached hydrogens (tertiary/aromatic N) is 6. The van der Waals surface area contributed by atoms with Gasteiger partial charge in [-0.15, -0.1) is 0 Å². The predicted molar refractivity (Wildman–Crippen MR) is 146 cm³/mol. The molecule has 1 aliphatic rings. The first-order chi connectivity index (χ1) is 18.8. The van der Waals surface area contributed by atoms with Gasteiger partial charge in [-0.25, -0.2) is 18.4 Å². The van der Waals surface area contributed by atoms with E-state index in [1.165, 1.54) is 16.6 Å². The summed E-state index contributed by atoms with van der Waals surface area (Å²) < 4.78 is 41.1. The highest BCUT2D eigenvalue weighted by atomic mass is 32.2. The number of likely N-dealkylation sites (N-methyl/N-ethyl adjacent to an activating group) is 1. The van der Waals surface area contributed by atoms with Crippen molar-refractivity contribution in [2.24, 2.45) is 7.05 Å². The van der Waals surface area contributed by atoms with E-state index >= 15 is 0 Å². The SMILES string of the molecule is CCN1CCN(S(=O)(=O)c2cnc(OCCOC)c(-c3nc4c(-c5ccccc5)n(C)nc4c(=O)[nH]3)c2)CC1. The van der Waals surface area contributed by atoms with Gasteiger partial charge in [-0.3, -0.25) is 9.48 Å². The molecule has 1 aromatic carbocycles. The summed E-state index contributed by atoms with van der Waals surface area (Å²) in [5, 5.41) is 4.38. The molecule has 39 heavy (non-hydrogen) atoms. The number of nitrogens with one attached hydrogen (secondary N) is 1. The third-order valence-corrected chi connectivity index (χ3v) is 8.63. The minimum atomic E-state index is -3.84. The van der Waals surface area contributed by atoms with E-state index in [1.54, 1.807) is 18.8 Å². The van der Waals surface area contributed by atoms with Gasteiger partial charge in [0.2, 0.25) is 15.9 Å². The fraction of sp³-hybridized carbons (Fsp3) is 0.385. The lowest BCUT2D eigenvalue weighted by molar-refractivity contribution is 0.144. The first-order valence-corrected chi connectivity index (χ1v) is 14.1. The molecule has 13 heteroatoms. The largest absolute Gasteiger partial charge is 0.475 e. The molecule has 0 bridgehead atoms. The molecular weight excluding hydrogens is 522 g/mol. The Labute approximate surface area is 226 Å². The van der Waals surface area contributed by atoms with Gasteiger partial charge in [-0.1, -0.05) is 37.3 Å². The second-order valence-electron chi connectivity index (χ2n) is 9.15. The van der Waals surface area contributed by atoms with Crippen molar-refractivity contribution in [3.05, 3.63) is 52.9 Å². The lowest BCUT2D eigenvalue weighted by Crippen LogP contribution is -2.48. The van der Waals surface area contributed by atoms with Crippen molar-refractivity contribution in [1.82, 2.24) is 33.9 Å². The number of aryl methyl sites for hydroxylation is 1. The van der Waals surface area contributed by atoms with Crippen LogP contribution >= 0.6 is 0 Å². The zero-order chi connectivity index (χ0) is 27.6. The van der Waals surface area contributed by atoms with Crippen LogP contribution in [-0.4, -0.2) is 95.4 Å². The maximum Gasteiger partial charge on any atom is 0.279 e. The number of piperazine rings is 1. The van der Waals surface area contributed by atoms with Gasteiger partial charge < -0.3 is 19.4 Å². The number of hydrogen-bond donors (Lipinski definition) is 1. The number of ether oxygens (including phenoxy) is 2. The molecule has 1 N–H and O–H groups in total. The number of methoxy groups -OCH3 is 1. The van der Waals surface area contributed by atoms with Crippen LogP contribution < -0.4 is 10.3 Å². The van der Waals surface area contributed by atoms with Crippen LogP contribution in [0.2, 0.25) is 0 Å². The summed E-state index contributed by atoms with van der Waals surface area (Å²) in [6.45, 7) is 5.48. The Balaban J connectivity index is 1.63. The zero-order valence-corrected chi connectivity index (χ0v) is 22.9. The number of H-pyrrole nitrogens is 1. The topological polar surface area (TPSA) is 136 Å². The molecule has 12 nitrogen and oxygen atoms in total. The molecule has 1 aliphatic heterocycles. The summed E-state index contributed by atoms with van der Waals surface area (Å²) in [5.41, 5.74) is 1.84. The van der Waals surface area contributed by atoms with E-state index in [9.17, 15) is 13.2 Å². The number of fused-ring (bicyclic) bond motifs is 1. The van der Waals surface area contributed by atoms with Crippen molar-refractivity contribution in [2.45, 2.75) is 11.8 Å². The van der Waals surface area contributed by atoms with Crippen LogP contribution in [0.4, 0.5) is 0 Å². The second kappa shape index (κ2) is 11.2. The molecule has 1 saturated heterocycles. The van der Waals surface area contributed by atoms with Crippen molar-refractivity contribution in [2.75, 3.05) is 53.0 Å². The number of aromatic amines is 1. The lowest BCUT2D eigenvalue weighted by atomic mass is 10.1. The fourth-order valence-electron chi connectivity index (χ4n) is 4.64. The minimum absolute atomic E-state index is 0.00115. The van der Waals surface area contributed by atoms with E-state index in [4.69, 9.17) is 14.5 Å². The molecule has 0 atom stereocenters. The van der Waals surface area contributed by atoms with Crippen molar-refractivity contribution in [1.29, 1.82) is 0 Å². The fourth-order valence-corrected chi connectivity index (χ4v) is 6.04. The molecule has 206 valence electrons. The summed E-state index contributed by atoms with van der Waals surface area (Å²) in [6, 6.07) is 11.0. The number of hydrogen-bond acceptors (Lipinski definition) is 9. The van der Waals surface area contributed by atoms with Gasteiger partial charge in [-0.2, -0.15) is 9.40 Å². The molecule has 5 rings (SSSR count). The second-order valence-corrected chi connectivity index (χ2v) is 11.1. The van der Waals surface area contributed by atoms with Gasteiger partial charge in [0, 0.05) is 45.9 Å². The molecule has 4 heterocycles. The van der Waals surface area contributed by atoms with Crippen molar-refractivity contribution < 1.29 is 17.9 Å². The van der Waals surface area contributed by atoms with Gasteiger partial charge in [0.25, 0.3) is 5.56 Å². The highest BCUT2D eigenvalue weighted by Crippen LogP contribution is 2.32. The Morgan fingerprint density at radius 1 is 1.05 bits per heavy atom. The number of benzene rings is 1. The summed E-state index contributed by atoms with van der Waals surface area (Å²) in [4.78, 5) is 27.2. The summed E-state index contributed by atoms with van der Waals surface area (Å²) in [5.74, 6) is 0.264. The average Bonchev–Trinajstić information content (AvgIpc) is 3.30. The first-order valence-electron chi connectivity index (χ1n) is 12.7. The first kappa shape index (κ1) is 26.9. The number of aromatic nitrogens is 5. The van der Waals surface area contributed by atoms with Crippen molar-refractivity contribution >= 4 is 21.1 Å². The maximum atomic E-state index is 13.6. The molecule has 0 aliphatic carbocycles. The van der Waals surface area contributed by atoms with E-state index < -0.39 is 15.6 Å². The van der Waals surface area contributed by atoms with Crippen molar-refractivity contribution in [3.8, 4) is 28.5 Å². The summed E-state index contributed by atoms with van der Waals surface area (Å²) in [6.07, 6.45) is 1.28. The van der Waals surface area contributed by atoms with Gasteiger partial charge >= 0.3 is 0 Å². The molecule has 0 radical (unpaired) electrons. The van der Waals surface area contributed by atoms with E-state index in [2.05, 4.69) is 26.9 Å². The molecule has 0 amide bonds.